The summed E-state index contributed by atoms with van der Waals surface area (Å²) in [5.41, 5.74) is 1.50. The molecule has 0 unspecified atom stereocenters. The quantitative estimate of drug-likeness (QED) is 0.371. The summed E-state index contributed by atoms with van der Waals surface area (Å²) in [7, 11) is 1.58. The molecule has 0 atom stereocenters. The molecule has 1 aromatic heterocycles. The lowest BCUT2D eigenvalue weighted by Gasteiger charge is -2.11. The summed E-state index contributed by atoms with van der Waals surface area (Å²) in [6.45, 7) is 1.83. The van der Waals surface area contributed by atoms with Gasteiger partial charge in [0.15, 0.2) is 11.6 Å². The van der Waals surface area contributed by atoms with Gasteiger partial charge in [-0.2, -0.15) is 8.76 Å². The summed E-state index contributed by atoms with van der Waals surface area (Å²) in [5.74, 6) is -2.18. The number of halogens is 3. The Balaban J connectivity index is 1.73. The average molecular weight is 468 g/mol. The van der Waals surface area contributed by atoms with Crippen LogP contribution in [0.15, 0.2) is 36.4 Å². The SMILES string of the molecule is CCOC(=O)CCc1ccc(OCc2c(Cl)nsc2-c2ccc(OC)cc2)c(F)c1F. The molecule has 0 N–H and O–H groups in total. The number of rotatable bonds is 9. The Morgan fingerprint density at radius 3 is 2.55 bits per heavy atom. The van der Waals surface area contributed by atoms with Gasteiger partial charge in [0.05, 0.1) is 18.6 Å². The van der Waals surface area contributed by atoms with Crippen molar-refractivity contribution in [3.05, 3.63) is 64.3 Å². The van der Waals surface area contributed by atoms with E-state index in [0.717, 1.165) is 10.4 Å². The van der Waals surface area contributed by atoms with E-state index in [4.69, 9.17) is 25.8 Å². The lowest BCUT2D eigenvalue weighted by molar-refractivity contribution is -0.143. The molecule has 0 amide bonds. The molecule has 3 rings (SSSR count). The maximum absolute atomic E-state index is 14.5. The van der Waals surface area contributed by atoms with Gasteiger partial charge in [0.2, 0.25) is 5.82 Å². The second-order valence-corrected chi connectivity index (χ2v) is 7.59. The molecule has 0 saturated heterocycles. The molecule has 1 heterocycles. The number of benzene rings is 2. The molecule has 5 nitrogen and oxygen atoms in total. The Labute approximate surface area is 187 Å². The number of methoxy groups -OCH3 is 1. The number of carbonyl (C=O) groups excluding carboxylic acids is 1. The molecule has 9 heteroatoms. The number of aromatic nitrogens is 1. The molecule has 0 aliphatic heterocycles. The molecule has 0 fully saturated rings. The Kier molecular flexibility index (Phi) is 7.81. The van der Waals surface area contributed by atoms with Crippen LogP contribution in [0.2, 0.25) is 5.15 Å². The zero-order valence-electron chi connectivity index (χ0n) is 16.9. The third-order valence-corrected chi connectivity index (χ3v) is 5.85. The topological polar surface area (TPSA) is 57.7 Å². The summed E-state index contributed by atoms with van der Waals surface area (Å²) in [5, 5.41) is 0.239. The van der Waals surface area contributed by atoms with Gasteiger partial charge in [0.25, 0.3) is 0 Å². The smallest absolute Gasteiger partial charge is 0.306 e. The standard InChI is InChI=1S/C22H20ClF2NO4S/c1-3-29-18(27)11-7-13-6-10-17(20(25)19(13)24)30-12-16-21(31-26-22(16)23)14-4-8-15(28-2)9-5-14/h4-6,8-10H,3,7,11-12H2,1-2H3. The highest BCUT2D eigenvalue weighted by Gasteiger charge is 2.19. The monoisotopic (exact) mass is 467 g/mol. The van der Waals surface area contributed by atoms with Crippen LogP contribution in [0.4, 0.5) is 8.78 Å². The fourth-order valence-corrected chi connectivity index (χ4v) is 3.98. The van der Waals surface area contributed by atoms with Crippen molar-refractivity contribution in [2.75, 3.05) is 13.7 Å². The lowest BCUT2D eigenvalue weighted by atomic mass is 10.1. The maximum atomic E-state index is 14.5. The summed E-state index contributed by atoms with van der Waals surface area (Å²) in [4.78, 5) is 12.2. The largest absolute Gasteiger partial charge is 0.497 e. The highest BCUT2D eigenvalue weighted by molar-refractivity contribution is 7.10. The fourth-order valence-electron chi connectivity index (χ4n) is 2.88. The van der Waals surface area contributed by atoms with Gasteiger partial charge in [-0.05, 0) is 66.3 Å². The highest BCUT2D eigenvalue weighted by atomic mass is 35.5. The molecular formula is C22H20ClF2NO4S. The Hall–Kier alpha value is -2.71. The van der Waals surface area contributed by atoms with Crippen LogP contribution in [0, 0.1) is 11.6 Å². The number of hydrogen-bond donors (Lipinski definition) is 0. The van der Waals surface area contributed by atoms with Gasteiger partial charge in [-0.15, -0.1) is 0 Å². The molecule has 0 aliphatic rings. The van der Waals surface area contributed by atoms with Crippen LogP contribution >= 0.6 is 23.1 Å². The predicted octanol–water partition coefficient (Wildman–Crippen LogP) is 5.83. The van der Waals surface area contributed by atoms with Gasteiger partial charge >= 0.3 is 5.97 Å². The van der Waals surface area contributed by atoms with E-state index in [1.165, 1.54) is 23.7 Å². The first-order valence-electron chi connectivity index (χ1n) is 9.48. The van der Waals surface area contributed by atoms with Gasteiger partial charge in [-0.1, -0.05) is 17.7 Å². The first-order valence-corrected chi connectivity index (χ1v) is 10.6. The highest BCUT2D eigenvalue weighted by Crippen LogP contribution is 2.35. The Bertz CT molecular complexity index is 1060. The number of nitrogens with zero attached hydrogens (tertiary/aromatic N) is 1. The molecule has 2 aromatic carbocycles. The molecule has 0 spiro atoms. The molecule has 31 heavy (non-hydrogen) atoms. The summed E-state index contributed by atoms with van der Waals surface area (Å²) >= 11 is 7.38. The first-order chi connectivity index (χ1) is 14.9. The molecule has 164 valence electrons. The van der Waals surface area contributed by atoms with Crippen molar-refractivity contribution in [1.82, 2.24) is 4.37 Å². The zero-order chi connectivity index (χ0) is 22.4. The number of hydrogen-bond acceptors (Lipinski definition) is 6. The van der Waals surface area contributed by atoms with Crippen molar-refractivity contribution < 1.29 is 27.8 Å². The van der Waals surface area contributed by atoms with Gasteiger partial charge < -0.3 is 14.2 Å². The van der Waals surface area contributed by atoms with E-state index in [9.17, 15) is 13.6 Å². The minimum Gasteiger partial charge on any atom is -0.497 e. The van der Waals surface area contributed by atoms with Crippen LogP contribution in [0.5, 0.6) is 11.5 Å². The number of ether oxygens (including phenoxy) is 3. The van der Waals surface area contributed by atoms with Crippen molar-refractivity contribution >= 4 is 29.1 Å². The number of carbonyl (C=O) groups is 1. The molecular weight excluding hydrogens is 448 g/mol. The first kappa shape index (κ1) is 23.0. The average Bonchev–Trinajstić information content (AvgIpc) is 3.14. The second-order valence-electron chi connectivity index (χ2n) is 6.45. The van der Waals surface area contributed by atoms with Crippen LogP contribution in [-0.2, 0) is 22.6 Å². The summed E-state index contributed by atoms with van der Waals surface area (Å²) in [6.07, 6.45) is -0.00440. The van der Waals surface area contributed by atoms with Gasteiger partial charge in [-0.3, -0.25) is 4.79 Å². The van der Waals surface area contributed by atoms with Crippen LogP contribution in [-0.4, -0.2) is 24.1 Å². The molecule has 0 aliphatic carbocycles. The number of aryl methyl sites for hydroxylation is 1. The minimum atomic E-state index is -1.12. The van der Waals surface area contributed by atoms with Crippen molar-refractivity contribution in [3.63, 3.8) is 0 Å². The van der Waals surface area contributed by atoms with Crippen LogP contribution in [0.3, 0.4) is 0 Å². The van der Waals surface area contributed by atoms with Crippen molar-refractivity contribution in [1.29, 1.82) is 0 Å². The van der Waals surface area contributed by atoms with Gasteiger partial charge in [0.1, 0.15) is 17.5 Å². The predicted molar refractivity (Wildman–Crippen MR) is 115 cm³/mol. The van der Waals surface area contributed by atoms with Gasteiger partial charge in [-0.25, -0.2) is 4.39 Å². The van der Waals surface area contributed by atoms with E-state index in [1.807, 2.05) is 12.1 Å². The zero-order valence-corrected chi connectivity index (χ0v) is 18.5. The summed E-state index contributed by atoms with van der Waals surface area (Å²) < 4.78 is 48.5. The second kappa shape index (κ2) is 10.5. The lowest BCUT2D eigenvalue weighted by Crippen LogP contribution is -2.07. The van der Waals surface area contributed by atoms with E-state index < -0.39 is 17.6 Å². The van der Waals surface area contributed by atoms with Crippen LogP contribution < -0.4 is 9.47 Å². The third kappa shape index (κ3) is 5.51. The third-order valence-electron chi connectivity index (χ3n) is 4.50. The normalized spacial score (nSPS) is 10.7. The maximum Gasteiger partial charge on any atom is 0.306 e. The molecule has 0 saturated carbocycles. The van der Waals surface area contributed by atoms with Gasteiger partial charge in [0, 0.05) is 12.0 Å². The molecule has 3 aromatic rings. The van der Waals surface area contributed by atoms with Crippen molar-refractivity contribution in [2.24, 2.45) is 0 Å². The fraction of sp³-hybridized carbons (Fsp3) is 0.273. The summed E-state index contributed by atoms with van der Waals surface area (Å²) in [6, 6.07) is 10.0. The van der Waals surface area contributed by atoms with Crippen molar-refractivity contribution in [2.45, 2.75) is 26.4 Å². The van der Waals surface area contributed by atoms with Crippen LogP contribution in [0.25, 0.3) is 10.4 Å². The van der Waals surface area contributed by atoms with E-state index in [1.54, 1.807) is 26.2 Å². The van der Waals surface area contributed by atoms with Crippen molar-refractivity contribution in [3.8, 4) is 21.9 Å². The van der Waals surface area contributed by atoms with E-state index in [2.05, 4.69) is 4.37 Å². The minimum absolute atomic E-state index is 0.0315. The Morgan fingerprint density at radius 1 is 1.13 bits per heavy atom. The van der Waals surface area contributed by atoms with E-state index in [0.29, 0.717) is 11.3 Å². The number of esters is 1. The van der Waals surface area contributed by atoms with E-state index in [-0.39, 0.29) is 42.5 Å². The van der Waals surface area contributed by atoms with E-state index >= 15 is 0 Å². The van der Waals surface area contributed by atoms with Crippen LogP contribution in [0.1, 0.15) is 24.5 Å². The molecule has 0 radical (unpaired) electrons. The molecule has 0 bridgehead atoms. The Morgan fingerprint density at radius 2 is 1.87 bits per heavy atom.